The van der Waals surface area contributed by atoms with Crippen LogP contribution in [-0.4, -0.2) is 45.9 Å². The van der Waals surface area contributed by atoms with Crippen molar-refractivity contribution < 1.29 is 28.5 Å². The first-order valence-corrected chi connectivity index (χ1v) is 6.70. The van der Waals surface area contributed by atoms with E-state index in [1.807, 2.05) is 13.8 Å². The number of esters is 1. The highest BCUT2D eigenvalue weighted by Crippen LogP contribution is 2.39. The number of rotatable bonds is 7. The van der Waals surface area contributed by atoms with Crippen molar-refractivity contribution in [1.29, 1.82) is 0 Å². The highest BCUT2D eigenvalue weighted by Gasteiger charge is 2.22. The van der Waals surface area contributed by atoms with Gasteiger partial charge in [-0.05, 0) is 26.0 Å². The molecule has 7 nitrogen and oxygen atoms in total. The molecule has 0 fully saturated rings. The van der Waals surface area contributed by atoms with Gasteiger partial charge in [0.25, 0.3) is 5.91 Å². The summed E-state index contributed by atoms with van der Waals surface area (Å²) in [6.45, 7) is 3.27. The summed E-state index contributed by atoms with van der Waals surface area (Å²) in [7, 11) is 4.32. The van der Waals surface area contributed by atoms with Crippen LogP contribution in [0.4, 0.5) is 0 Å². The Morgan fingerprint density at radius 3 is 2.18 bits per heavy atom. The third-order valence-electron chi connectivity index (χ3n) is 2.71. The predicted molar refractivity (Wildman–Crippen MR) is 79.7 cm³/mol. The molecule has 122 valence electrons. The topological polar surface area (TPSA) is 83.1 Å². The summed E-state index contributed by atoms with van der Waals surface area (Å²) in [6, 6.07) is 3.02. The van der Waals surface area contributed by atoms with Gasteiger partial charge in [0, 0.05) is 6.04 Å². The number of ether oxygens (including phenoxy) is 4. The number of carbonyl (C=O) groups is 2. The van der Waals surface area contributed by atoms with E-state index in [0.29, 0.717) is 5.75 Å². The van der Waals surface area contributed by atoms with Gasteiger partial charge in [-0.3, -0.25) is 4.79 Å². The molecule has 0 saturated carbocycles. The summed E-state index contributed by atoms with van der Waals surface area (Å²) in [5, 5.41) is 2.63. The van der Waals surface area contributed by atoms with Crippen molar-refractivity contribution in [3.63, 3.8) is 0 Å². The SMILES string of the molecule is COc1ccc(C(=O)OCC(=O)NC(C)C)c(OC)c1OC. The van der Waals surface area contributed by atoms with Crippen LogP contribution in [0.25, 0.3) is 0 Å². The Morgan fingerprint density at radius 2 is 1.68 bits per heavy atom. The standard InChI is InChI=1S/C15H21NO6/c1-9(2)16-12(17)8-22-15(18)10-6-7-11(19-3)14(21-5)13(10)20-4/h6-7,9H,8H2,1-5H3,(H,16,17). The summed E-state index contributed by atoms with van der Waals surface area (Å²) in [5.41, 5.74) is 0.150. The van der Waals surface area contributed by atoms with Gasteiger partial charge < -0.3 is 24.3 Å². The number of hydrogen-bond donors (Lipinski definition) is 1. The van der Waals surface area contributed by atoms with E-state index in [1.165, 1.54) is 27.4 Å². The number of hydrogen-bond acceptors (Lipinski definition) is 6. The van der Waals surface area contributed by atoms with Gasteiger partial charge in [-0.1, -0.05) is 0 Å². The molecule has 0 unspecified atom stereocenters. The maximum absolute atomic E-state index is 12.1. The van der Waals surface area contributed by atoms with Crippen LogP contribution in [0.15, 0.2) is 12.1 Å². The zero-order valence-electron chi connectivity index (χ0n) is 13.4. The lowest BCUT2D eigenvalue weighted by Crippen LogP contribution is -2.34. The maximum atomic E-state index is 12.1. The fourth-order valence-corrected chi connectivity index (χ4v) is 1.83. The van der Waals surface area contributed by atoms with E-state index in [2.05, 4.69) is 5.32 Å². The predicted octanol–water partition coefficient (Wildman–Crippen LogP) is 1.39. The van der Waals surface area contributed by atoms with Crippen LogP contribution in [0, 0.1) is 0 Å². The summed E-state index contributed by atoms with van der Waals surface area (Å²) in [5.74, 6) is -0.157. The molecule has 0 aliphatic carbocycles. The van der Waals surface area contributed by atoms with Gasteiger partial charge >= 0.3 is 5.97 Å². The van der Waals surface area contributed by atoms with E-state index >= 15 is 0 Å². The Labute approximate surface area is 129 Å². The molecule has 22 heavy (non-hydrogen) atoms. The zero-order chi connectivity index (χ0) is 16.7. The minimum Gasteiger partial charge on any atom is -0.493 e. The van der Waals surface area contributed by atoms with E-state index in [9.17, 15) is 9.59 Å². The van der Waals surface area contributed by atoms with Crippen LogP contribution in [-0.2, 0) is 9.53 Å². The number of carbonyl (C=O) groups excluding carboxylic acids is 2. The van der Waals surface area contributed by atoms with Crippen molar-refractivity contribution >= 4 is 11.9 Å². The van der Waals surface area contributed by atoms with Gasteiger partial charge in [-0.2, -0.15) is 0 Å². The number of methoxy groups -OCH3 is 3. The van der Waals surface area contributed by atoms with Gasteiger partial charge in [0.05, 0.1) is 21.3 Å². The lowest BCUT2D eigenvalue weighted by atomic mass is 10.1. The van der Waals surface area contributed by atoms with Gasteiger partial charge in [0.1, 0.15) is 5.56 Å². The largest absolute Gasteiger partial charge is 0.493 e. The van der Waals surface area contributed by atoms with Crippen molar-refractivity contribution in [3.05, 3.63) is 17.7 Å². The summed E-state index contributed by atoms with van der Waals surface area (Å²) >= 11 is 0. The van der Waals surface area contributed by atoms with Crippen molar-refractivity contribution in [1.82, 2.24) is 5.32 Å². The molecule has 0 radical (unpaired) electrons. The Balaban J connectivity index is 2.91. The molecular formula is C15H21NO6. The van der Waals surface area contributed by atoms with Crippen LogP contribution < -0.4 is 19.5 Å². The van der Waals surface area contributed by atoms with Crippen LogP contribution in [0.3, 0.4) is 0 Å². The Kier molecular flexibility index (Phi) is 6.49. The van der Waals surface area contributed by atoms with E-state index in [4.69, 9.17) is 18.9 Å². The maximum Gasteiger partial charge on any atom is 0.342 e. The number of amides is 1. The summed E-state index contributed by atoms with van der Waals surface area (Å²) in [4.78, 5) is 23.6. The van der Waals surface area contributed by atoms with Gasteiger partial charge in [0.2, 0.25) is 5.75 Å². The second-order valence-corrected chi connectivity index (χ2v) is 4.68. The third-order valence-corrected chi connectivity index (χ3v) is 2.71. The smallest absolute Gasteiger partial charge is 0.342 e. The summed E-state index contributed by atoms with van der Waals surface area (Å²) in [6.07, 6.45) is 0. The molecule has 0 atom stereocenters. The van der Waals surface area contributed by atoms with Gasteiger partial charge in [-0.25, -0.2) is 4.79 Å². The quantitative estimate of drug-likeness (QED) is 0.766. The minimum absolute atomic E-state index is 0.0261. The van der Waals surface area contributed by atoms with Crippen molar-refractivity contribution in [2.75, 3.05) is 27.9 Å². The molecule has 0 heterocycles. The number of benzene rings is 1. The second kappa shape index (κ2) is 8.11. The minimum atomic E-state index is -0.684. The lowest BCUT2D eigenvalue weighted by Gasteiger charge is -2.15. The van der Waals surface area contributed by atoms with E-state index in [0.717, 1.165) is 0 Å². The summed E-state index contributed by atoms with van der Waals surface area (Å²) < 4.78 is 20.5. The van der Waals surface area contributed by atoms with Crippen LogP contribution in [0.1, 0.15) is 24.2 Å². The highest BCUT2D eigenvalue weighted by atomic mass is 16.5. The Hall–Kier alpha value is -2.44. The lowest BCUT2D eigenvalue weighted by molar-refractivity contribution is -0.124. The average molecular weight is 311 g/mol. The molecule has 0 aromatic heterocycles. The molecule has 0 aliphatic heterocycles. The number of nitrogens with one attached hydrogen (secondary N) is 1. The van der Waals surface area contributed by atoms with E-state index in [-0.39, 0.29) is 35.6 Å². The van der Waals surface area contributed by atoms with Crippen molar-refractivity contribution in [2.45, 2.75) is 19.9 Å². The van der Waals surface area contributed by atoms with Crippen molar-refractivity contribution in [3.8, 4) is 17.2 Å². The first-order valence-electron chi connectivity index (χ1n) is 6.70. The third kappa shape index (κ3) is 4.28. The fraction of sp³-hybridized carbons (Fsp3) is 0.467. The molecule has 1 aromatic rings. The van der Waals surface area contributed by atoms with Crippen molar-refractivity contribution in [2.24, 2.45) is 0 Å². The van der Waals surface area contributed by atoms with Crippen LogP contribution in [0.2, 0.25) is 0 Å². The molecular weight excluding hydrogens is 290 g/mol. The first kappa shape index (κ1) is 17.6. The van der Waals surface area contributed by atoms with Crippen LogP contribution in [0.5, 0.6) is 17.2 Å². The van der Waals surface area contributed by atoms with E-state index < -0.39 is 5.97 Å². The molecule has 0 bridgehead atoms. The molecule has 7 heteroatoms. The average Bonchev–Trinajstić information content (AvgIpc) is 2.50. The Bertz CT molecular complexity index is 541. The molecule has 0 aliphatic rings. The molecule has 1 aromatic carbocycles. The normalized spacial score (nSPS) is 10.1. The highest BCUT2D eigenvalue weighted by molar-refractivity contribution is 5.95. The Morgan fingerprint density at radius 1 is 1.05 bits per heavy atom. The fourth-order valence-electron chi connectivity index (χ4n) is 1.83. The monoisotopic (exact) mass is 311 g/mol. The van der Waals surface area contributed by atoms with E-state index in [1.54, 1.807) is 6.07 Å². The van der Waals surface area contributed by atoms with Crippen LogP contribution >= 0.6 is 0 Å². The van der Waals surface area contributed by atoms with Gasteiger partial charge in [-0.15, -0.1) is 0 Å². The second-order valence-electron chi connectivity index (χ2n) is 4.68. The molecule has 1 N–H and O–H groups in total. The molecule has 0 saturated heterocycles. The zero-order valence-corrected chi connectivity index (χ0v) is 13.4. The molecule has 1 amide bonds. The van der Waals surface area contributed by atoms with Gasteiger partial charge in [0.15, 0.2) is 18.1 Å². The first-order chi connectivity index (χ1) is 10.4. The molecule has 0 spiro atoms. The molecule has 1 rings (SSSR count).